The molecule has 8 nitrogen and oxygen atoms in total. The van der Waals surface area contributed by atoms with Crippen molar-refractivity contribution in [2.24, 2.45) is 0 Å². The normalized spacial score (nSPS) is 31.8. The molecule has 1 aliphatic rings. The van der Waals surface area contributed by atoms with E-state index in [0.29, 0.717) is 0 Å². The first-order valence-corrected chi connectivity index (χ1v) is 5.40. The van der Waals surface area contributed by atoms with E-state index in [4.69, 9.17) is 9.84 Å². The summed E-state index contributed by atoms with van der Waals surface area (Å²) in [5.74, 6) is 0. The van der Waals surface area contributed by atoms with Gasteiger partial charge < -0.3 is 20.1 Å². The zero-order valence-corrected chi connectivity index (χ0v) is 9.61. The third-order valence-corrected chi connectivity index (χ3v) is 2.94. The maximum absolute atomic E-state index is 11.6. The zero-order chi connectivity index (χ0) is 13.4. The van der Waals surface area contributed by atoms with Crippen molar-refractivity contribution in [3.05, 3.63) is 32.6 Å². The van der Waals surface area contributed by atoms with E-state index in [1.54, 1.807) is 0 Å². The molecule has 18 heavy (non-hydrogen) atoms. The summed E-state index contributed by atoms with van der Waals surface area (Å²) in [6.45, 7) is 1.02. The van der Waals surface area contributed by atoms with Crippen LogP contribution in [0.25, 0.3) is 0 Å². The zero-order valence-electron chi connectivity index (χ0n) is 9.61. The summed E-state index contributed by atoms with van der Waals surface area (Å²) in [6.07, 6.45) is -3.52. The summed E-state index contributed by atoms with van der Waals surface area (Å²) < 4.78 is 6.17. The van der Waals surface area contributed by atoms with E-state index in [9.17, 15) is 19.8 Å². The first kappa shape index (κ1) is 13.0. The largest absolute Gasteiger partial charge is 0.394 e. The number of aromatic nitrogens is 2. The molecule has 1 aliphatic heterocycles. The number of ether oxygens (including phenoxy) is 1. The molecule has 0 aromatic carbocycles. The third kappa shape index (κ3) is 1.99. The molecule has 4 atom stereocenters. The second-order valence-corrected chi connectivity index (χ2v) is 4.21. The molecular formula is C10H14N2O6. The third-order valence-electron chi connectivity index (χ3n) is 2.94. The first-order valence-electron chi connectivity index (χ1n) is 5.40. The van der Waals surface area contributed by atoms with E-state index in [-0.39, 0.29) is 5.56 Å². The second kappa shape index (κ2) is 4.65. The van der Waals surface area contributed by atoms with Gasteiger partial charge in [0.25, 0.3) is 5.56 Å². The topological polar surface area (TPSA) is 125 Å². The molecule has 0 saturated carbocycles. The fraction of sp³-hybridized carbons (Fsp3) is 0.600. The van der Waals surface area contributed by atoms with Crippen LogP contribution < -0.4 is 11.2 Å². The molecule has 1 unspecified atom stereocenters. The van der Waals surface area contributed by atoms with Gasteiger partial charge in [-0.1, -0.05) is 0 Å². The first-order chi connectivity index (χ1) is 8.45. The van der Waals surface area contributed by atoms with Crippen LogP contribution in [0, 0.1) is 6.92 Å². The average Bonchev–Trinajstić information content (AvgIpc) is 2.61. The Morgan fingerprint density at radius 1 is 1.39 bits per heavy atom. The predicted molar refractivity (Wildman–Crippen MR) is 59.1 cm³/mol. The van der Waals surface area contributed by atoms with E-state index >= 15 is 0 Å². The van der Waals surface area contributed by atoms with Gasteiger partial charge in [-0.05, 0) is 6.92 Å². The minimum Gasteiger partial charge on any atom is -0.394 e. The highest BCUT2D eigenvalue weighted by Gasteiger charge is 2.43. The lowest BCUT2D eigenvalue weighted by Crippen LogP contribution is -2.38. The van der Waals surface area contributed by atoms with Crippen LogP contribution in [-0.4, -0.2) is 49.8 Å². The van der Waals surface area contributed by atoms with Gasteiger partial charge in [-0.15, -0.1) is 0 Å². The average molecular weight is 258 g/mol. The minimum absolute atomic E-state index is 0.271. The van der Waals surface area contributed by atoms with Crippen molar-refractivity contribution in [1.29, 1.82) is 0 Å². The highest BCUT2D eigenvalue weighted by Crippen LogP contribution is 2.27. The molecule has 1 fully saturated rings. The molecule has 0 radical (unpaired) electrons. The molecule has 1 aromatic rings. The summed E-state index contributed by atoms with van der Waals surface area (Å²) in [4.78, 5) is 24.9. The number of H-pyrrole nitrogens is 1. The van der Waals surface area contributed by atoms with Gasteiger partial charge in [-0.2, -0.15) is 0 Å². The Morgan fingerprint density at radius 2 is 2.06 bits per heavy atom. The Bertz CT molecular complexity index is 550. The molecule has 0 spiro atoms. The number of hydrogen-bond acceptors (Lipinski definition) is 6. The number of nitrogens with zero attached hydrogens (tertiary/aromatic N) is 1. The Kier molecular flexibility index (Phi) is 3.35. The Morgan fingerprint density at radius 3 is 2.61 bits per heavy atom. The van der Waals surface area contributed by atoms with E-state index < -0.39 is 42.4 Å². The van der Waals surface area contributed by atoms with Crippen molar-refractivity contribution in [2.45, 2.75) is 31.5 Å². The molecule has 1 saturated heterocycles. The summed E-state index contributed by atoms with van der Waals surface area (Å²) in [5.41, 5.74) is -1.00. The SMILES string of the molecule is Cc1cn(C2O[C@H](CO)[C@@H](O)[C@@H]2O)c(=O)[nH]c1=O. The molecule has 1 aromatic heterocycles. The van der Waals surface area contributed by atoms with E-state index in [1.165, 1.54) is 13.1 Å². The van der Waals surface area contributed by atoms with Gasteiger partial charge in [0.2, 0.25) is 0 Å². The molecule has 2 heterocycles. The van der Waals surface area contributed by atoms with Gasteiger partial charge in [0.05, 0.1) is 6.61 Å². The standard InChI is InChI=1S/C10H14N2O6/c1-4-2-12(10(17)11-8(4)16)9-7(15)6(14)5(3-13)18-9/h2,5-7,9,13-15H,3H2,1H3,(H,11,16,17)/t5-,6-,7+,9?/m1/s1. The van der Waals surface area contributed by atoms with Crippen LogP contribution >= 0.6 is 0 Å². The fourth-order valence-electron chi connectivity index (χ4n) is 1.88. The molecule has 0 aliphatic carbocycles. The Labute approximate surface area is 101 Å². The Balaban J connectivity index is 2.42. The maximum Gasteiger partial charge on any atom is 0.330 e. The number of aliphatic hydroxyl groups is 3. The van der Waals surface area contributed by atoms with Crippen molar-refractivity contribution in [3.63, 3.8) is 0 Å². The molecule has 100 valence electrons. The predicted octanol–water partition coefficient (Wildman–Crippen LogP) is -2.54. The van der Waals surface area contributed by atoms with Crippen LogP contribution in [0.15, 0.2) is 15.8 Å². The van der Waals surface area contributed by atoms with Crippen LogP contribution in [-0.2, 0) is 4.74 Å². The molecule has 0 bridgehead atoms. The van der Waals surface area contributed by atoms with Crippen LogP contribution in [0.1, 0.15) is 11.8 Å². The number of hydrogen-bond donors (Lipinski definition) is 4. The van der Waals surface area contributed by atoms with Crippen LogP contribution in [0.5, 0.6) is 0 Å². The van der Waals surface area contributed by atoms with Crippen molar-refractivity contribution in [1.82, 2.24) is 9.55 Å². The second-order valence-electron chi connectivity index (χ2n) is 4.21. The van der Waals surface area contributed by atoms with Gasteiger partial charge >= 0.3 is 5.69 Å². The minimum atomic E-state index is -1.36. The molecule has 0 amide bonds. The van der Waals surface area contributed by atoms with E-state index in [2.05, 4.69) is 4.98 Å². The quantitative estimate of drug-likeness (QED) is 0.463. The monoisotopic (exact) mass is 258 g/mol. The van der Waals surface area contributed by atoms with E-state index in [0.717, 1.165) is 4.57 Å². The molecular weight excluding hydrogens is 244 g/mol. The molecule has 4 N–H and O–H groups in total. The van der Waals surface area contributed by atoms with Crippen molar-refractivity contribution in [3.8, 4) is 0 Å². The fourth-order valence-corrected chi connectivity index (χ4v) is 1.88. The summed E-state index contributed by atoms with van der Waals surface area (Å²) in [7, 11) is 0. The highest BCUT2D eigenvalue weighted by molar-refractivity contribution is 5.03. The van der Waals surface area contributed by atoms with Gasteiger partial charge in [0.1, 0.15) is 18.3 Å². The summed E-state index contributed by atoms with van der Waals surface area (Å²) in [5, 5.41) is 28.3. The van der Waals surface area contributed by atoms with Gasteiger partial charge in [0.15, 0.2) is 6.23 Å². The Hall–Kier alpha value is -1.48. The lowest BCUT2D eigenvalue weighted by Gasteiger charge is -2.17. The lowest BCUT2D eigenvalue weighted by atomic mass is 10.1. The van der Waals surface area contributed by atoms with Crippen molar-refractivity contribution < 1.29 is 20.1 Å². The van der Waals surface area contributed by atoms with Crippen LogP contribution in [0.3, 0.4) is 0 Å². The van der Waals surface area contributed by atoms with Gasteiger partial charge in [-0.25, -0.2) is 4.79 Å². The summed E-state index contributed by atoms with van der Waals surface area (Å²) in [6, 6.07) is 0. The van der Waals surface area contributed by atoms with Crippen LogP contribution in [0.2, 0.25) is 0 Å². The maximum atomic E-state index is 11.6. The van der Waals surface area contributed by atoms with Gasteiger partial charge in [0, 0.05) is 11.8 Å². The van der Waals surface area contributed by atoms with Crippen molar-refractivity contribution in [2.75, 3.05) is 6.61 Å². The molecule has 8 heteroatoms. The van der Waals surface area contributed by atoms with E-state index in [1.807, 2.05) is 0 Å². The highest BCUT2D eigenvalue weighted by atomic mass is 16.6. The summed E-state index contributed by atoms with van der Waals surface area (Å²) >= 11 is 0. The lowest BCUT2D eigenvalue weighted by molar-refractivity contribution is -0.0551. The number of aromatic amines is 1. The number of aliphatic hydroxyl groups excluding tert-OH is 3. The number of aryl methyl sites for hydroxylation is 1. The van der Waals surface area contributed by atoms with Crippen molar-refractivity contribution >= 4 is 0 Å². The molecule has 2 rings (SSSR count). The number of rotatable bonds is 2. The van der Waals surface area contributed by atoms with Crippen LogP contribution in [0.4, 0.5) is 0 Å². The number of nitrogens with one attached hydrogen (secondary N) is 1. The smallest absolute Gasteiger partial charge is 0.330 e. The van der Waals surface area contributed by atoms with Gasteiger partial charge in [-0.3, -0.25) is 14.3 Å².